The van der Waals surface area contributed by atoms with Crippen LogP contribution < -0.4 is 10.1 Å². The van der Waals surface area contributed by atoms with Crippen molar-refractivity contribution in [3.8, 4) is 5.75 Å². The van der Waals surface area contributed by atoms with Crippen LogP contribution in [0.5, 0.6) is 5.75 Å². The van der Waals surface area contributed by atoms with Gasteiger partial charge in [-0.05, 0) is 30.3 Å². The molecular weight excluding hydrogens is 402 g/mol. The first kappa shape index (κ1) is 21.8. The van der Waals surface area contributed by atoms with Crippen LogP contribution in [0.25, 0.3) is 0 Å². The molecule has 10 nitrogen and oxygen atoms in total. The third kappa shape index (κ3) is 6.01. The van der Waals surface area contributed by atoms with E-state index in [1.807, 2.05) is 0 Å². The second kappa shape index (κ2) is 8.69. The van der Waals surface area contributed by atoms with Crippen molar-refractivity contribution in [3.63, 3.8) is 0 Å². The van der Waals surface area contributed by atoms with Gasteiger partial charge < -0.3 is 15.0 Å². The van der Waals surface area contributed by atoms with Crippen LogP contribution in [0.15, 0.2) is 47.4 Å². The summed E-state index contributed by atoms with van der Waals surface area (Å²) in [5.74, 6) is -0.516. The molecule has 0 aromatic heterocycles. The number of carbonyl (C=O) groups is 2. The van der Waals surface area contributed by atoms with E-state index in [1.54, 1.807) is 14.1 Å². The lowest BCUT2D eigenvalue weighted by molar-refractivity contribution is -0.385. The zero-order valence-electron chi connectivity index (χ0n) is 15.9. The predicted molar refractivity (Wildman–Crippen MR) is 105 cm³/mol. The van der Waals surface area contributed by atoms with Crippen molar-refractivity contribution in [2.45, 2.75) is 4.90 Å². The number of amides is 2. The average molecular weight is 421 g/mol. The van der Waals surface area contributed by atoms with Crippen LogP contribution >= 0.6 is 0 Å². The zero-order valence-corrected chi connectivity index (χ0v) is 16.7. The van der Waals surface area contributed by atoms with Gasteiger partial charge in [0, 0.05) is 43.7 Å². The van der Waals surface area contributed by atoms with E-state index in [9.17, 15) is 28.1 Å². The summed E-state index contributed by atoms with van der Waals surface area (Å²) < 4.78 is 28.8. The average Bonchev–Trinajstić information content (AvgIpc) is 2.65. The third-order valence-electron chi connectivity index (χ3n) is 3.77. The predicted octanol–water partition coefficient (Wildman–Crippen LogP) is 1.72. The van der Waals surface area contributed by atoms with Gasteiger partial charge in [0.15, 0.2) is 16.4 Å². The van der Waals surface area contributed by atoms with Gasteiger partial charge in [-0.1, -0.05) is 0 Å². The Morgan fingerprint density at radius 3 is 2.28 bits per heavy atom. The lowest BCUT2D eigenvalue weighted by atomic mass is 10.2. The largest absolute Gasteiger partial charge is 0.484 e. The fourth-order valence-corrected chi connectivity index (χ4v) is 2.82. The highest BCUT2D eigenvalue weighted by Gasteiger charge is 2.19. The number of nitrogens with zero attached hydrogens (tertiary/aromatic N) is 2. The fourth-order valence-electron chi connectivity index (χ4n) is 2.15. The lowest BCUT2D eigenvalue weighted by Gasteiger charge is -2.12. The summed E-state index contributed by atoms with van der Waals surface area (Å²) in [4.78, 5) is 35.3. The molecule has 0 aliphatic rings. The first-order valence-electron chi connectivity index (χ1n) is 8.21. The van der Waals surface area contributed by atoms with Crippen molar-refractivity contribution in [2.75, 3.05) is 32.3 Å². The zero-order chi connectivity index (χ0) is 21.8. The van der Waals surface area contributed by atoms with Crippen LogP contribution in [0.2, 0.25) is 0 Å². The molecule has 2 aromatic carbocycles. The number of hydrogen-bond acceptors (Lipinski definition) is 7. The number of nitro groups is 1. The maximum Gasteiger partial charge on any atom is 0.271 e. The summed E-state index contributed by atoms with van der Waals surface area (Å²) in [5, 5.41) is 13.6. The van der Waals surface area contributed by atoms with E-state index in [0.29, 0.717) is 11.4 Å². The number of carbonyl (C=O) groups excluding carboxylic acids is 2. The monoisotopic (exact) mass is 421 g/mol. The molecule has 0 fully saturated rings. The van der Waals surface area contributed by atoms with Gasteiger partial charge in [0.25, 0.3) is 17.5 Å². The molecular formula is C18H19N3O7S. The van der Waals surface area contributed by atoms with Crippen LogP contribution in [0.1, 0.15) is 10.4 Å². The standard InChI is InChI=1S/C18H19N3O7S/c1-20(2)17(22)11-28-15-6-4-13(5-7-15)19-18(23)12-8-14(21(24)25)10-16(9-12)29(3,26)27/h4-10H,11H2,1-3H3,(H,19,23). The highest BCUT2D eigenvalue weighted by atomic mass is 32.2. The molecule has 0 heterocycles. The highest BCUT2D eigenvalue weighted by Crippen LogP contribution is 2.22. The van der Waals surface area contributed by atoms with Gasteiger partial charge in [-0.3, -0.25) is 19.7 Å². The molecule has 2 aromatic rings. The summed E-state index contributed by atoms with van der Waals surface area (Å²) in [5.41, 5.74) is -0.322. The Morgan fingerprint density at radius 1 is 1.14 bits per heavy atom. The highest BCUT2D eigenvalue weighted by molar-refractivity contribution is 7.90. The van der Waals surface area contributed by atoms with Gasteiger partial charge in [-0.2, -0.15) is 0 Å². The lowest BCUT2D eigenvalue weighted by Crippen LogP contribution is -2.27. The summed E-state index contributed by atoms with van der Waals surface area (Å²) in [6, 6.07) is 9.07. The molecule has 0 atom stereocenters. The minimum absolute atomic E-state index is 0.138. The van der Waals surface area contributed by atoms with E-state index in [2.05, 4.69) is 5.32 Å². The Labute approximate surface area is 167 Å². The van der Waals surface area contributed by atoms with Crippen LogP contribution in [-0.4, -0.2) is 57.0 Å². The van der Waals surface area contributed by atoms with Gasteiger partial charge in [-0.25, -0.2) is 8.42 Å². The first-order chi connectivity index (χ1) is 13.5. The number of sulfone groups is 1. The Balaban J connectivity index is 2.17. The second-order valence-electron chi connectivity index (χ2n) is 6.30. The number of non-ortho nitro benzene ring substituents is 1. The molecule has 29 heavy (non-hydrogen) atoms. The number of anilines is 1. The van der Waals surface area contributed by atoms with Crippen molar-refractivity contribution in [1.82, 2.24) is 4.90 Å². The molecule has 154 valence electrons. The van der Waals surface area contributed by atoms with Gasteiger partial charge >= 0.3 is 0 Å². The molecule has 0 unspecified atom stereocenters. The molecule has 0 radical (unpaired) electrons. The topological polar surface area (TPSA) is 136 Å². The quantitative estimate of drug-likeness (QED) is 0.531. The summed E-state index contributed by atoms with van der Waals surface area (Å²) in [6.45, 7) is -0.138. The number of nitro benzene ring substituents is 1. The van der Waals surface area contributed by atoms with E-state index in [0.717, 1.165) is 24.5 Å². The number of nitrogens with one attached hydrogen (secondary N) is 1. The van der Waals surface area contributed by atoms with Crippen molar-refractivity contribution >= 4 is 33.0 Å². The Hall–Kier alpha value is -3.47. The molecule has 0 saturated heterocycles. The number of ether oxygens (including phenoxy) is 1. The molecule has 0 spiro atoms. The van der Waals surface area contributed by atoms with Gasteiger partial charge in [0.2, 0.25) is 0 Å². The van der Waals surface area contributed by atoms with Crippen molar-refractivity contribution < 1.29 is 27.7 Å². The maximum absolute atomic E-state index is 12.4. The van der Waals surface area contributed by atoms with E-state index >= 15 is 0 Å². The minimum Gasteiger partial charge on any atom is -0.484 e. The number of likely N-dealkylation sites (N-methyl/N-ethyl adjacent to an activating group) is 1. The summed E-state index contributed by atoms with van der Waals surface area (Å²) in [7, 11) is -0.536. The third-order valence-corrected chi connectivity index (χ3v) is 4.86. The fraction of sp³-hybridized carbons (Fsp3) is 0.222. The smallest absolute Gasteiger partial charge is 0.271 e. The van der Waals surface area contributed by atoms with Gasteiger partial charge in [-0.15, -0.1) is 0 Å². The Morgan fingerprint density at radius 2 is 1.76 bits per heavy atom. The van der Waals surface area contributed by atoms with Gasteiger partial charge in [0.1, 0.15) is 5.75 Å². The van der Waals surface area contributed by atoms with Crippen LogP contribution in [0, 0.1) is 10.1 Å². The maximum atomic E-state index is 12.4. The van der Waals surface area contributed by atoms with Crippen LogP contribution in [0.4, 0.5) is 11.4 Å². The van der Waals surface area contributed by atoms with Crippen molar-refractivity contribution in [1.29, 1.82) is 0 Å². The molecule has 2 amide bonds. The van der Waals surface area contributed by atoms with E-state index in [1.165, 1.54) is 29.2 Å². The summed E-state index contributed by atoms with van der Waals surface area (Å²) >= 11 is 0. The molecule has 1 N–H and O–H groups in total. The minimum atomic E-state index is -3.74. The SMILES string of the molecule is CN(C)C(=O)COc1ccc(NC(=O)c2cc([N+](=O)[O-])cc(S(C)(=O)=O)c2)cc1. The van der Waals surface area contributed by atoms with E-state index < -0.39 is 26.4 Å². The number of hydrogen-bond donors (Lipinski definition) is 1. The van der Waals surface area contributed by atoms with Gasteiger partial charge in [0.05, 0.1) is 9.82 Å². The van der Waals surface area contributed by atoms with E-state index in [-0.39, 0.29) is 23.0 Å². The van der Waals surface area contributed by atoms with Crippen LogP contribution in [0.3, 0.4) is 0 Å². The molecule has 11 heteroatoms. The first-order valence-corrected chi connectivity index (χ1v) is 10.1. The normalized spacial score (nSPS) is 10.9. The van der Waals surface area contributed by atoms with E-state index in [4.69, 9.17) is 4.74 Å². The Bertz CT molecular complexity index is 1050. The molecule has 2 rings (SSSR count). The molecule has 0 bridgehead atoms. The molecule has 0 saturated carbocycles. The van der Waals surface area contributed by atoms with Crippen molar-refractivity contribution in [3.05, 3.63) is 58.1 Å². The molecule has 0 aliphatic heterocycles. The number of benzene rings is 2. The second-order valence-corrected chi connectivity index (χ2v) is 8.32. The Kier molecular flexibility index (Phi) is 6.54. The van der Waals surface area contributed by atoms with Crippen LogP contribution in [-0.2, 0) is 14.6 Å². The summed E-state index contributed by atoms with van der Waals surface area (Å²) in [6.07, 6.45) is 0.896. The molecule has 0 aliphatic carbocycles. The number of rotatable bonds is 7. The van der Waals surface area contributed by atoms with Crippen molar-refractivity contribution in [2.24, 2.45) is 0 Å².